The van der Waals surface area contributed by atoms with Gasteiger partial charge in [0.1, 0.15) is 5.78 Å². The number of hydrogen-bond donors (Lipinski definition) is 1. The third-order valence-electron chi connectivity index (χ3n) is 10.5. The highest BCUT2D eigenvalue weighted by Crippen LogP contribution is 2.67. The molecule has 178 valence electrons. The molecule has 1 aromatic heterocycles. The zero-order valence-corrected chi connectivity index (χ0v) is 21.0. The van der Waals surface area contributed by atoms with Crippen LogP contribution in [0.2, 0.25) is 0 Å². The van der Waals surface area contributed by atoms with Gasteiger partial charge in [-0.2, -0.15) is 0 Å². The van der Waals surface area contributed by atoms with Crippen molar-refractivity contribution in [2.24, 2.45) is 47.5 Å². The number of aliphatic hydroxyl groups is 1. The molecular weight excluding hydrogens is 420 g/mol. The van der Waals surface area contributed by atoms with Gasteiger partial charge in [0.25, 0.3) is 0 Å². The first-order valence-electron chi connectivity index (χ1n) is 12.7. The van der Waals surface area contributed by atoms with E-state index in [0.29, 0.717) is 28.8 Å². The molecule has 4 saturated carbocycles. The second kappa shape index (κ2) is 8.07. The number of rotatable bonds is 4. The van der Waals surface area contributed by atoms with Gasteiger partial charge < -0.3 is 5.11 Å². The Morgan fingerprint density at radius 2 is 1.84 bits per heavy atom. The molecule has 5 rings (SSSR count). The van der Waals surface area contributed by atoms with E-state index in [4.69, 9.17) is 0 Å². The smallest absolute Gasteiger partial charge is 0.209 e. The van der Waals surface area contributed by atoms with Crippen LogP contribution in [0, 0.1) is 40.4 Å². The molecular formula is C25H40N4O2S. The molecule has 4 aliphatic rings. The fraction of sp³-hybridized carbons (Fsp3) is 0.920. The van der Waals surface area contributed by atoms with E-state index in [1.54, 1.807) is 4.68 Å². The van der Waals surface area contributed by atoms with E-state index in [0.717, 1.165) is 36.3 Å². The average molecular weight is 461 g/mol. The largest absolute Gasteiger partial charge is 0.390 e. The van der Waals surface area contributed by atoms with Crippen molar-refractivity contribution in [1.82, 2.24) is 20.2 Å². The number of hydrogen-bond acceptors (Lipinski definition) is 6. The highest BCUT2D eigenvalue weighted by molar-refractivity contribution is 7.99. The lowest BCUT2D eigenvalue weighted by Gasteiger charge is -2.64. The molecule has 0 amide bonds. The summed E-state index contributed by atoms with van der Waals surface area (Å²) < 4.78 is 1.65. The van der Waals surface area contributed by atoms with Gasteiger partial charge in [-0.3, -0.25) is 4.79 Å². The van der Waals surface area contributed by atoms with Gasteiger partial charge >= 0.3 is 0 Å². The van der Waals surface area contributed by atoms with E-state index >= 15 is 0 Å². The van der Waals surface area contributed by atoms with Gasteiger partial charge in [-0.15, -0.1) is 5.10 Å². The predicted molar refractivity (Wildman–Crippen MR) is 125 cm³/mol. The van der Waals surface area contributed by atoms with E-state index in [1.807, 2.05) is 14.0 Å². The fourth-order valence-electron chi connectivity index (χ4n) is 8.74. The lowest BCUT2D eigenvalue weighted by molar-refractivity contribution is -0.168. The molecule has 1 heterocycles. The van der Waals surface area contributed by atoms with Crippen molar-refractivity contribution in [3.05, 3.63) is 0 Å². The molecule has 32 heavy (non-hydrogen) atoms. The molecule has 0 bridgehead atoms. The standard InChI is InChI=1S/C25H40N4O2S/c1-23(31)12-13-24(2)16(14-23)8-9-17-18-6-5-7-20(25(18,3)11-10-19(17)24)21(30)15-32-22-26-27-28-29(22)4/h16-20,31H,5-15H2,1-4H3/t16-,17-,18-,19?,20+,23+,24-,25-/m0/s1. The topological polar surface area (TPSA) is 80.9 Å². The van der Waals surface area contributed by atoms with Crippen molar-refractivity contribution < 1.29 is 9.90 Å². The van der Waals surface area contributed by atoms with Crippen molar-refractivity contribution in [2.75, 3.05) is 5.75 Å². The summed E-state index contributed by atoms with van der Waals surface area (Å²) in [5, 5.41) is 23.1. The van der Waals surface area contributed by atoms with E-state index < -0.39 is 5.60 Å². The quantitative estimate of drug-likeness (QED) is 0.658. The number of nitrogens with zero attached hydrogens (tertiary/aromatic N) is 4. The number of ketones is 1. The number of carbonyl (C=O) groups is 1. The average Bonchev–Trinajstić information content (AvgIpc) is 3.16. The molecule has 1 aromatic rings. The minimum absolute atomic E-state index is 0.137. The molecule has 0 radical (unpaired) electrons. The number of aromatic nitrogens is 4. The Morgan fingerprint density at radius 1 is 1.06 bits per heavy atom. The summed E-state index contributed by atoms with van der Waals surface area (Å²) in [6.45, 7) is 7.04. The highest BCUT2D eigenvalue weighted by Gasteiger charge is 2.60. The minimum Gasteiger partial charge on any atom is -0.390 e. The predicted octanol–water partition coefficient (Wildman–Crippen LogP) is 4.67. The van der Waals surface area contributed by atoms with Gasteiger partial charge in [-0.05, 0) is 110 Å². The van der Waals surface area contributed by atoms with Crippen LogP contribution in [-0.4, -0.2) is 42.5 Å². The normalized spacial score (nSPS) is 46.1. The monoisotopic (exact) mass is 460 g/mol. The van der Waals surface area contributed by atoms with Gasteiger partial charge in [0.15, 0.2) is 0 Å². The minimum atomic E-state index is -0.474. The molecule has 4 fully saturated rings. The molecule has 1 N–H and O–H groups in total. The van der Waals surface area contributed by atoms with Crippen molar-refractivity contribution >= 4 is 17.5 Å². The van der Waals surface area contributed by atoms with E-state index in [2.05, 4.69) is 29.4 Å². The molecule has 4 aliphatic carbocycles. The third-order valence-corrected chi connectivity index (χ3v) is 11.5. The number of tetrazole rings is 1. The molecule has 1 unspecified atom stereocenters. The van der Waals surface area contributed by atoms with Gasteiger partial charge in [0.05, 0.1) is 11.4 Å². The maximum absolute atomic E-state index is 13.5. The molecule has 0 spiro atoms. The highest BCUT2D eigenvalue weighted by atomic mass is 32.2. The molecule has 7 heteroatoms. The van der Waals surface area contributed by atoms with Crippen molar-refractivity contribution in [2.45, 2.75) is 95.7 Å². The molecule has 0 saturated heterocycles. The first-order chi connectivity index (χ1) is 15.1. The summed E-state index contributed by atoms with van der Waals surface area (Å²) >= 11 is 1.48. The van der Waals surface area contributed by atoms with E-state index in [-0.39, 0.29) is 11.3 Å². The number of Topliss-reactive ketones (excluding diaryl/α,β-unsaturated/α-hetero) is 1. The first kappa shape index (κ1) is 22.8. The van der Waals surface area contributed by atoms with Crippen LogP contribution >= 0.6 is 11.8 Å². The van der Waals surface area contributed by atoms with Crippen LogP contribution in [0.25, 0.3) is 0 Å². The fourth-order valence-corrected chi connectivity index (χ4v) is 9.53. The summed E-state index contributed by atoms with van der Waals surface area (Å²) in [7, 11) is 1.83. The van der Waals surface area contributed by atoms with Crippen molar-refractivity contribution in [1.29, 1.82) is 0 Å². The zero-order chi connectivity index (χ0) is 22.7. The molecule has 0 aromatic carbocycles. The summed E-state index contributed by atoms with van der Waals surface area (Å²) in [6, 6.07) is 0. The Balaban J connectivity index is 1.33. The van der Waals surface area contributed by atoms with Crippen LogP contribution in [0.5, 0.6) is 0 Å². The maximum atomic E-state index is 13.5. The third kappa shape index (κ3) is 3.66. The number of aryl methyl sites for hydroxylation is 1. The summed E-state index contributed by atoms with van der Waals surface area (Å²) in [4.78, 5) is 13.5. The second-order valence-corrected chi connectivity index (χ2v) is 13.2. The maximum Gasteiger partial charge on any atom is 0.209 e. The lowest BCUT2D eigenvalue weighted by atomic mass is 9.41. The van der Waals surface area contributed by atoms with Gasteiger partial charge in [-0.25, -0.2) is 4.68 Å². The summed E-state index contributed by atoms with van der Waals surface area (Å²) in [5.74, 6) is 3.91. The van der Waals surface area contributed by atoms with Crippen LogP contribution in [0.1, 0.15) is 85.0 Å². The zero-order valence-electron chi connectivity index (χ0n) is 20.2. The van der Waals surface area contributed by atoms with Crippen LogP contribution in [0.4, 0.5) is 0 Å². The van der Waals surface area contributed by atoms with E-state index in [9.17, 15) is 9.90 Å². The second-order valence-electron chi connectivity index (χ2n) is 12.2. The summed E-state index contributed by atoms with van der Waals surface area (Å²) in [6.07, 6.45) is 11.6. The van der Waals surface area contributed by atoms with Crippen LogP contribution in [0.15, 0.2) is 5.16 Å². The molecule has 8 atom stereocenters. The molecule has 6 nitrogen and oxygen atoms in total. The van der Waals surface area contributed by atoms with Crippen molar-refractivity contribution in [3.8, 4) is 0 Å². The van der Waals surface area contributed by atoms with E-state index in [1.165, 1.54) is 56.7 Å². The van der Waals surface area contributed by atoms with Crippen LogP contribution in [0.3, 0.4) is 0 Å². The Bertz CT molecular complexity index is 872. The Morgan fingerprint density at radius 3 is 2.59 bits per heavy atom. The Labute approximate surface area is 196 Å². The number of thioether (sulfide) groups is 1. The first-order valence-corrected chi connectivity index (χ1v) is 13.7. The Kier molecular flexibility index (Phi) is 5.76. The number of fused-ring (bicyclic) bond motifs is 5. The van der Waals surface area contributed by atoms with Gasteiger partial charge in [0, 0.05) is 13.0 Å². The lowest BCUT2D eigenvalue weighted by Crippen LogP contribution is -2.58. The van der Waals surface area contributed by atoms with Crippen molar-refractivity contribution in [3.63, 3.8) is 0 Å². The SMILES string of the molecule is Cn1nnnc1SCC(=O)[C@H]1CCC[C@H]2[C@@H]3CC[C@H]4C[C@](C)(O)CC[C@]4(C)C3CC[C@]12C. The van der Waals surface area contributed by atoms with Crippen LogP contribution in [-0.2, 0) is 11.8 Å². The number of carbonyl (C=O) groups excluding carboxylic acids is 1. The Hall–Kier alpha value is -0.950. The molecule has 0 aliphatic heterocycles. The van der Waals surface area contributed by atoms with Gasteiger partial charge in [0.2, 0.25) is 5.16 Å². The van der Waals surface area contributed by atoms with Crippen LogP contribution < -0.4 is 0 Å². The van der Waals surface area contributed by atoms with Gasteiger partial charge in [-0.1, -0.05) is 32.0 Å². The summed E-state index contributed by atoms with van der Waals surface area (Å²) in [5.41, 5.74) is 0.0362.